The maximum atomic E-state index is 13.1. The number of amides is 1. The highest BCUT2D eigenvalue weighted by molar-refractivity contribution is 7.86. The molecule has 194 valence electrons. The van der Waals surface area contributed by atoms with Crippen molar-refractivity contribution < 1.29 is 26.9 Å². The second-order valence-corrected chi connectivity index (χ2v) is 10.8. The van der Waals surface area contributed by atoms with E-state index in [1.165, 1.54) is 17.0 Å². The molecule has 2 atom stereocenters. The zero-order chi connectivity index (χ0) is 26.7. The van der Waals surface area contributed by atoms with Crippen LogP contribution in [0.1, 0.15) is 17.2 Å². The number of carbonyl (C=O) groups is 1. The first-order chi connectivity index (χ1) is 18.3. The number of halogens is 1. The quantitative estimate of drug-likeness (QED) is 0.222. The lowest BCUT2D eigenvalue weighted by Gasteiger charge is -2.25. The molecule has 4 aromatic rings. The predicted octanol–water partition coefficient (Wildman–Crippen LogP) is 6.91. The molecule has 0 aromatic heterocycles. The summed E-state index contributed by atoms with van der Waals surface area (Å²) in [7, 11) is -4.04. The van der Waals surface area contributed by atoms with Crippen LogP contribution in [0.2, 0.25) is 5.02 Å². The number of rotatable bonds is 8. The van der Waals surface area contributed by atoms with Gasteiger partial charge in [0.1, 0.15) is 24.1 Å². The molecule has 1 amide bonds. The van der Waals surface area contributed by atoms with Gasteiger partial charge in [-0.1, -0.05) is 59.6 Å². The number of aryl methyl sites for hydroxylation is 1. The first kappa shape index (κ1) is 25.8. The molecule has 7 nitrogen and oxygen atoms in total. The molecule has 0 aliphatic carbocycles. The largest absolute Gasteiger partial charge is 0.457 e. The maximum absolute atomic E-state index is 13.1. The lowest BCUT2D eigenvalue weighted by molar-refractivity contribution is 0.0940. The SMILES string of the molecule is Cc1ccc(S(=O)(=O)OC[C@@H]2OC(=O)N(c3ccc(Oc4ccc(Cl)cc4)cc3)[C@H]2c2ccccc2)cc1. The summed E-state index contributed by atoms with van der Waals surface area (Å²) < 4.78 is 42.4. The van der Waals surface area contributed by atoms with Crippen LogP contribution in [-0.2, 0) is 19.0 Å². The van der Waals surface area contributed by atoms with Gasteiger partial charge in [0, 0.05) is 10.7 Å². The van der Waals surface area contributed by atoms with Crippen LogP contribution in [0, 0.1) is 6.92 Å². The normalized spacial score (nSPS) is 17.3. The molecule has 1 saturated heterocycles. The van der Waals surface area contributed by atoms with Gasteiger partial charge in [0.2, 0.25) is 0 Å². The molecule has 1 aliphatic heterocycles. The van der Waals surface area contributed by atoms with Gasteiger partial charge in [-0.3, -0.25) is 9.08 Å². The van der Waals surface area contributed by atoms with E-state index in [-0.39, 0.29) is 11.5 Å². The molecule has 0 N–H and O–H groups in total. The van der Waals surface area contributed by atoms with Crippen LogP contribution in [0.15, 0.2) is 108 Å². The van der Waals surface area contributed by atoms with Gasteiger partial charge in [0.15, 0.2) is 6.10 Å². The van der Waals surface area contributed by atoms with E-state index in [0.29, 0.717) is 22.2 Å². The zero-order valence-corrected chi connectivity index (χ0v) is 21.9. The van der Waals surface area contributed by atoms with Crippen molar-refractivity contribution in [2.45, 2.75) is 24.0 Å². The fourth-order valence-electron chi connectivity index (χ4n) is 4.18. The van der Waals surface area contributed by atoms with E-state index < -0.39 is 28.4 Å². The van der Waals surface area contributed by atoms with Crippen molar-refractivity contribution in [1.29, 1.82) is 0 Å². The van der Waals surface area contributed by atoms with Crippen molar-refractivity contribution in [3.63, 3.8) is 0 Å². The number of hydrogen-bond donors (Lipinski definition) is 0. The average Bonchev–Trinajstić information content (AvgIpc) is 3.26. The molecule has 1 heterocycles. The molecule has 0 bridgehead atoms. The van der Waals surface area contributed by atoms with Gasteiger partial charge in [-0.2, -0.15) is 8.42 Å². The molecular formula is C29H24ClNO6S. The average molecular weight is 550 g/mol. The number of hydrogen-bond acceptors (Lipinski definition) is 6. The van der Waals surface area contributed by atoms with E-state index >= 15 is 0 Å². The Bertz CT molecular complexity index is 1510. The number of nitrogens with zero attached hydrogens (tertiary/aromatic N) is 1. The monoisotopic (exact) mass is 549 g/mol. The zero-order valence-electron chi connectivity index (χ0n) is 20.4. The fraction of sp³-hybridized carbons (Fsp3) is 0.138. The molecule has 9 heteroatoms. The summed E-state index contributed by atoms with van der Waals surface area (Å²) in [6.07, 6.45) is -1.47. The Hall–Kier alpha value is -3.85. The van der Waals surface area contributed by atoms with Crippen molar-refractivity contribution in [3.05, 3.63) is 119 Å². The third kappa shape index (κ3) is 5.67. The van der Waals surface area contributed by atoms with Gasteiger partial charge in [0.05, 0.1) is 4.90 Å². The topological polar surface area (TPSA) is 82.1 Å². The molecule has 4 aromatic carbocycles. The van der Waals surface area contributed by atoms with Gasteiger partial charge in [-0.15, -0.1) is 0 Å². The van der Waals surface area contributed by atoms with Gasteiger partial charge in [0.25, 0.3) is 10.1 Å². The van der Waals surface area contributed by atoms with E-state index in [4.69, 9.17) is 25.3 Å². The Morgan fingerprint density at radius 1 is 0.842 bits per heavy atom. The van der Waals surface area contributed by atoms with Crippen LogP contribution in [0.25, 0.3) is 0 Å². The number of cyclic esters (lactones) is 1. The smallest absolute Gasteiger partial charge is 0.415 e. The molecule has 0 radical (unpaired) electrons. The predicted molar refractivity (Wildman–Crippen MR) is 144 cm³/mol. The van der Waals surface area contributed by atoms with Crippen molar-refractivity contribution in [1.82, 2.24) is 0 Å². The molecule has 0 unspecified atom stereocenters. The minimum absolute atomic E-state index is 0.0387. The highest BCUT2D eigenvalue weighted by Crippen LogP contribution is 2.39. The summed E-state index contributed by atoms with van der Waals surface area (Å²) in [5.74, 6) is 1.20. The minimum Gasteiger partial charge on any atom is -0.457 e. The molecule has 0 spiro atoms. The highest BCUT2D eigenvalue weighted by Gasteiger charge is 2.44. The number of anilines is 1. The summed E-state index contributed by atoms with van der Waals surface area (Å²) in [6.45, 7) is 1.53. The first-order valence-corrected chi connectivity index (χ1v) is 13.6. The molecule has 0 saturated carbocycles. The van der Waals surface area contributed by atoms with E-state index in [1.54, 1.807) is 60.7 Å². The lowest BCUT2D eigenvalue weighted by atomic mass is 10.0. The minimum atomic E-state index is -4.04. The Morgan fingerprint density at radius 2 is 1.45 bits per heavy atom. The number of ether oxygens (including phenoxy) is 2. The molecule has 1 fully saturated rings. The van der Waals surface area contributed by atoms with Gasteiger partial charge in [-0.25, -0.2) is 4.79 Å². The van der Waals surface area contributed by atoms with Crippen molar-refractivity contribution in [2.24, 2.45) is 0 Å². The van der Waals surface area contributed by atoms with Gasteiger partial charge >= 0.3 is 6.09 Å². The third-order valence-corrected chi connectivity index (χ3v) is 7.63. The van der Waals surface area contributed by atoms with Gasteiger partial charge < -0.3 is 9.47 Å². The Kier molecular flexibility index (Phi) is 7.37. The second kappa shape index (κ2) is 10.9. The second-order valence-electron chi connectivity index (χ2n) is 8.75. The van der Waals surface area contributed by atoms with Crippen LogP contribution < -0.4 is 9.64 Å². The van der Waals surface area contributed by atoms with Crippen LogP contribution in [0.4, 0.5) is 10.5 Å². The van der Waals surface area contributed by atoms with Crippen LogP contribution >= 0.6 is 11.6 Å². The van der Waals surface area contributed by atoms with Crippen molar-refractivity contribution >= 4 is 33.5 Å². The number of benzene rings is 4. The van der Waals surface area contributed by atoms with Gasteiger partial charge in [-0.05, 0) is 73.2 Å². The summed E-state index contributed by atoms with van der Waals surface area (Å²) in [5, 5.41) is 0.609. The maximum Gasteiger partial charge on any atom is 0.415 e. The Balaban J connectivity index is 1.38. The third-order valence-electron chi connectivity index (χ3n) is 6.08. The Labute approximate surface area is 226 Å². The van der Waals surface area contributed by atoms with Crippen LogP contribution in [0.3, 0.4) is 0 Å². The van der Waals surface area contributed by atoms with Crippen LogP contribution in [-0.4, -0.2) is 27.2 Å². The van der Waals surface area contributed by atoms with Crippen LogP contribution in [0.5, 0.6) is 11.5 Å². The lowest BCUT2D eigenvalue weighted by Crippen LogP contribution is -2.31. The molecule has 38 heavy (non-hydrogen) atoms. The molecular weight excluding hydrogens is 526 g/mol. The highest BCUT2D eigenvalue weighted by atomic mass is 35.5. The van der Waals surface area contributed by atoms with E-state index in [1.807, 2.05) is 37.3 Å². The van der Waals surface area contributed by atoms with Crippen molar-refractivity contribution in [2.75, 3.05) is 11.5 Å². The van der Waals surface area contributed by atoms with E-state index in [2.05, 4.69) is 0 Å². The first-order valence-electron chi connectivity index (χ1n) is 11.8. The van der Waals surface area contributed by atoms with E-state index in [0.717, 1.165) is 11.1 Å². The molecule has 1 aliphatic rings. The Morgan fingerprint density at radius 3 is 2.08 bits per heavy atom. The molecule has 5 rings (SSSR count). The fourth-order valence-corrected chi connectivity index (χ4v) is 5.22. The number of carbonyl (C=O) groups excluding carboxylic acids is 1. The summed E-state index contributed by atoms with van der Waals surface area (Å²) in [5.41, 5.74) is 2.27. The summed E-state index contributed by atoms with van der Waals surface area (Å²) in [4.78, 5) is 14.6. The van der Waals surface area contributed by atoms with E-state index in [9.17, 15) is 13.2 Å². The standard InChI is InChI=1S/C29H24ClNO6S/c1-20-7-17-26(18-8-20)38(33,34)35-19-27-28(21-5-3-2-4-6-21)31(29(32)37-27)23-11-15-25(16-12-23)36-24-13-9-22(30)10-14-24/h2-18,27-28H,19H2,1H3/t27-,28-/m0/s1. The summed E-state index contributed by atoms with van der Waals surface area (Å²) >= 11 is 5.93. The summed E-state index contributed by atoms with van der Waals surface area (Å²) in [6, 6.07) is 29.0. The van der Waals surface area contributed by atoms with Crippen molar-refractivity contribution in [3.8, 4) is 11.5 Å².